The number of aromatic carboxylic acids is 1. The Balaban J connectivity index is 3.06. The van der Waals surface area contributed by atoms with Crippen molar-refractivity contribution in [1.82, 2.24) is 0 Å². The average Bonchev–Trinajstić information content (AvgIpc) is 2.32. The molecule has 0 saturated carbocycles. The number of rotatable bonds is 5. The van der Waals surface area contributed by atoms with E-state index in [1.165, 1.54) is 6.07 Å². The summed E-state index contributed by atoms with van der Waals surface area (Å²) in [5.74, 6) is -1.52. The Morgan fingerprint density at radius 1 is 1.42 bits per heavy atom. The van der Waals surface area contributed by atoms with Crippen molar-refractivity contribution < 1.29 is 14.7 Å². The van der Waals surface area contributed by atoms with E-state index in [2.05, 4.69) is 37.2 Å². The SMILES string of the molecule is CCCC(N)C(=O)Nc1c(Br)cc(Br)cc1C(=O)O. The number of nitrogens with two attached hydrogens (primary N) is 1. The quantitative estimate of drug-likeness (QED) is 0.716. The first-order valence-electron chi connectivity index (χ1n) is 5.65. The van der Waals surface area contributed by atoms with Crippen molar-refractivity contribution in [2.24, 2.45) is 5.73 Å². The Morgan fingerprint density at radius 2 is 2.05 bits per heavy atom. The molecule has 0 fully saturated rings. The first-order valence-corrected chi connectivity index (χ1v) is 7.24. The highest BCUT2D eigenvalue weighted by Crippen LogP contribution is 2.31. The Labute approximate surface area is 127 Å². The lowest BCUT2D eigenvalue weighted by Gasteiger charge is -2.14. The zero-order valence-electron chi connectivity index (χ0n) is 10.2. The van der Waals surface area contributed by atoms with Gasteiger partial charge in [-0.2, -0.15) is 0 Å². The van der Waals surface area contributed by atoms with Crippen molar-refractivity contribution in [3.63, 3.8) is 0 Å². The van der Waals surface area contributed by atoms with Gasteiger partial charge in [-0.3, -0.25) is 4.79 Å². The average molecular weight is 394 g/mol. The third-order valence-electron chi connectivity index (χ3n) is 2.47. The van der Waals surface area contributed by atoms with Crippen molar-refractivity contribution in [2.45, 2.75) is 25.8 Å². The summed E-state index contributed by atoms with van der Waals surface area (Å²) < 4.78 is 1.09. The summed E-state index contributed by atoms with van der Waals surface area (Å²) in [6.07, 6.45) is 1.32. The van der Waals surface area contributed by atoms with Crippen LogP contribution in [0.1, 0.15) is 30.1 Å². The molecule has 1 unspecified atom stereocenters. The Morgan fingerprint density at radius 3 is 2.58 bits per heavy atom. The van der Waals surface area contributed by atoms with Gasteiger partial charge in [0, 0.05) is 8.95 Å². The van der Waals surface area contributed by atoms with Gasteiger partial charge in [0.1, 0.15) is 0 Å². The highest BCUT2D eigenvalue weighted by Gasteiger charge is 2.19. The monoisotopic (exact) mass is 392 g/mol. The Kier molecular flexibility index (Phi) is 5.96. The zero-order valence-corrected chi connectivity index (χ0v) is 13.4. The molecule has 0 heterocycles. The summed E-state index contributed by atoms with van der Waals surface area (Å²) >= 11 is 6.44. The van der Waals surface area contributed by atoms with Crippen LogP contribution in [0.15, 0.2) is 21.1 Å². The smallest absolute Gasteiger partial charge is 0.337 e. The van der Waals surface area contributed by atoms with Crippen molar-refractivity contribution in [1.29, 1.82) is 0 Å². The van der Waals surface area contributed by atoms with Crippen LogP contribution in [0, 0.1) is 0 Å². The summed E-state index contributed by atoms with van der Waals surface area (Å²) in [7, 11) is 0. The molecule has 1 rings (SSSR count). The second-order valence-corrected chi connectivity index (χ2v) is 5.77. The maximum Gasteiger partial charge on any atom is 0.337 e. The first-order chi connectivity index (χ1) is 8.86. The van der Waals surface area contributed by atoms with Crippen LogP contribution >= 0.6 is 31.9 Å². The maximum absolute atomic E-state index is 11.9. The van der Waals surface area contributed by atoms with Gasteiger partial charge in [0.05, 0.1) is 17.3 Å². The summed E-state index contributed by atoms with van der Waals surface area (Å²) in [6, 6.07) is 2.43. The fraction of sp³-hybridized carbons (Fsp3) is 0.333. The number of anilines is 1. The fourth-order valence-corrected chi connectivity index (χ4v) is 2.85. The van der Waals surface area contributed by atoms with Crippen LogP contribution in [0.25, 0.3) is 0 Å². The minimum absolute atomic E-state index is 0.00158. The van der Waals surface area contributed by atoms with E-state index in [-0.39, 0.29) is 11.3 Å². The van der Waals surface area contributed by atoms with Gasteiger partial charge in [-0.05, 0) is 34.5 Å². The zero-order chi connectivity index (χ0) is 14.6. The summed E-state index contributed by atoms with van der Waals surface area (Å²) in [6.45, 7) is 1.92. The number of carboxylic acids is 1. The van der Waals surface area contributed by atoms with E-state index in [0.717, 1.165) is 6.42 Å². The van der Waals surface area contributed by atoms with Crippen molar-refractivity contribution in [3.05, 3.63) is 26.6 Å². The van der Waals surface area contributed by atoms with E-state index in [0.29, 0.717) is 15.4 Å². The van der Waals surface area contributed by atoms with E-state index in [9.17, 15) is 9.59 Å². The number of halogens is 2. The molecule has 0 radical (unpaired) electrons. The molecule has 0 aliphatic rings. The number of amides is 1. The van der Waals surface area contributed by atoms with E-state index in [4.69, 9.17) is 10.8 Å². The largest absolute Gasteiger partial charge is 0.478 e. The molecule has 104 valence electrons. The minimum Gasteiger partial charge on any atom is -0.478 e. The molecule has 0 saturated heterocycles. The molecule has 0 aromatic heterocycles. The predicted molar refractivity (Wildman–Crippen MR) is 80.3 cm³/mol. The number of nitrogens with one attached hydrogen (secondary N) is 1. The lowest BCUT2D eigenvalue weighted by atomic mass is 10.1. The molecule has 0 aliphatic heterocycles. The summed E-state index contributed by atoms with van der Waals surface area (Å²) in [5.41, 5.74) is 5.91. The van der Waals surface area contributed by atoms with Crippen LogP contribution in [0.2, 0.25) is 0 Å². The maximum atomic E-state index is 11.9. The van der Waals surface area contributed by atoms with Gasteiger partial charge in [-0.1, -0.05) is 29.3 Å². The molecular weight excluding hydrogens is 380 g/mol. The summed E-state index contributed by atoms with van der Waals surface area (Å²) in [4.78, 5) is 23.0. The van der Waals surface area contributed by atoms with E-state index in [1.54, 1.807) is 6.07 Å². The molecule has 1 atom stereocenters. The topological polar surface area (TPSA) is 92.4 Å². The van der Waals surface area contributed by atoms with Gasteiger partial charge < -0.3 is 16.2 Å². The third kappa shape index (κ3) is 4.29. The number of hydrogen-bond donors (Lipinski definition) is 3. The molecule has 4 N–H and O–H groups in total. The van der Waals surface area contributed by atoms with Gasteiger partial charge in [-0.15, -0.1) is 0 Å². The highest BCUT2D eigenvalue weighted by molar-refractivity contribution is 9.11. The van der Waals surface area contributed by atoms with Crippen LogP contribution < -0.4 is 11.1 Å². The van der Waals surface area contributed by atoms with E-state index in [1.807, 2.05) is 6.92 Å². The second kappa shape index (κ2) is 7.02. The van der Waals surface area contributed by atoms with Crippen molar-refractivity contribution in [2.75, 3.05) is 5.32 Å². The van der Waals surface area contributed by atoms with Crippen LogP contribution in [0.3, 0.4) is 0 Å². The van der Waals surface area contributed by atoms with Gasteiger partial charge in [-0.25, -0.2) is 4.79 Å². The molecule has 1 amide bonds. The van der Waals surface area contributed by atoms with Crippen molar-refractivity contribution in [3.8, 4) is 0 Å². The molecule has 0 bridgehead atoms. The molecular formula is C12H14Br2N2O3. The third-order valence-corrected chi connectivity index (χ3v) is 3.55. The molecule has 7 heteroatoms. The van der Waals surface area contributed by atoms with Crippen LogP contribution in [0.5, 0.6) is 0 Å². The number of hydrogen-bond acceptors (Lipinski definition) is 3. The number of carboxylic acid groups (broad SMARTS) is 1. The summed E-state index contributed by atoms with van der Waals surface area (Å²) in [5, 5.41) is 11.7. The molecule has 0 aliphatic carbocycles. The number of carbonyl (C=O) groups is 2. The standard InChI is InChI=1S/C12H14Br2N2O3/c1-2-3-9(15)11(17)16-10-7(12(18)19)4-6(13)5-8(10)14/h4-5,9H,2-3,15H2,1H3,(H,16,17)(H,18,19). The molecule has 1 aromatic carbocycles. The predicted octanol–water partition coefficient (Wildman–Crippen LogP) is 2.98. The van der Waals surface area contributed by atoms with Crippen LogP contribution in [-0.4, -0.2) is 23.0 Å². The normalized spacial score (nSPS) is 12.0. The number of carbonyl (C=O) groups excluding carboxylic acids is 1. The lowest BCUT2D eigenvalue weighted by molar-refractivity contribution is -0.117. The second-order valence-electron chi connectivity index (χ2n) is 4.00. The minimum atomic E-state index is -1.12. The fourth-order valence-electron chi connectivity index (χ4n) is 1.53. The van der Waals surface area contributed by atoms with E-state index < -0.39 is 17.9 Å². The van der Waals surface area contributed by atoms with Gasteiger partial charge >= 0.3 is 5.97 Å². The molecule has 5 nitrogen and oxygen atoms in total. The Bertz CT molecular complexity index is 506. The van der Waals surface area contributed by atoms with Gasteiger partial charge in [0.2, 0.25) is 5.91 Å². The lowest BCUT2D eigenvalue weighted by Crippen LogP contribution is -2.35. The van der Waals surface area contributed by atoms with Gasteiger partial charge in [0.15, 0.2) is 0 Å². The highest BCUT2D eigenvalue weighted by atomic mass is 79.9. The van der Waals surface area contributed by atoms with Gasteiger partial charge in [0.25, 0.3) is 0 Å². The van der Waals surface area contributed by atoms with Crippen LogP contribution in [0.4, 0.5) is 5.69 Å². The number of benzene rings is 1. The first kappa shape index (κ1) is 16.1. The van der Waals surface area contributed by atoms with Crippen molar-refractivity contribution >= 4 is 49.4 Å². The molecule has 0 spiro atoms. The molecule has 1 aromatic rings. The molecule has 19 heavy (non-hydrogen) atoms. The Hall–Kier alpha value is -0.920. The van der Waals surface area contributed by atoms with E-state index >= 15 is 0 Å². The van der Waals surface area contributed by atoms with Crippen LogP contribution in [-0.2, 0) is 4.79 Å².